The van der Waals surface area contributed by atoms with Gasteiger partial charge in [-0.3, -0.25) is 13.8 Å². The van der Waals surface area contributed by atoms with Crippen LogP contribution in [0.25, 0.3) is 0 Å². The van der Waals surface area contributed by atoms with Gasteiger partial charge in [0.25, 0.3) is 5.92 Å². The number of nitrogens with zero attached hydrogens (tertiary/aromatic N) is 2. The van der Waals surface area contributed by atoms with Crippen molar-refractivity contribution in [2.45, 2.75) is 135 Å². The summed E-state index contributed by atoms with van der Waals surface area (Å²) in [5.41, 5.74) is 0.150. The molecule has 8 nitrogen and oxygen atoms in total. The SMILES string of the molecule is C=C(C)C.CC12CCC3c4ccc(OC(=O)N5CCC(N6CCOCC6=O)CC5)cc4CCC3C1CC(F)C2=O.CCC.[B]C(F)(CCCS(C)=O)C(C)(F)F. The summed E-state index contributed by atoms with van der Waals surface area (Å²) in [6.45, 7) is 16.6. The number of hydrogen-bond acceptors (Lipinski definition) is 6. The van der Waals surface area contributed by atoms with Crippen molar-refractivity contribution in [2.75, 3.05) is 44.9 Å². The molecule has 56 heavy (non-hydrogen) atoms. The minimum Gasteiger partial charge on any atom is -0.410 e. The summed E-state index contributed by atoms with van der Waals surface area (Å²) in [7, 11) is 3.67. The number of hydrogen-bond donors (Lipinski definition) is 0. The molecule has 2 saturated heterocycles. The zero-order valence-electron chi connectivity index (χ0n) is 34.5. The van der Waals surface area contributed by atoms with Crippen molar-refractivity contribution in [1.29, 1.82) is 0 Å². The van der Waals surface area contributed by atoms with Gasteiger partial charge in [-0.2, -0.15) is 0 Å². The number of piperidine rings is 1. The molecule has 5 aliphatic rings. The number of halogens is 4. The lowest BCUT2D eigenvalue weighted by atomic mass is 9.55. The number of ether oxygens (including phenoxy) is 2. The molecule has 0 bridgehead atoms. The number of alkyl halides is 4. The van der Waals surface area contributed by atoms with Crippen molar-refractivity contribution in [2.24, 2.45) is 17.3 Å². The Morgan fingerprint density at radius 1 is 1.11 bits per heavy atom. The molecule has 7 unspecified atom stereocenters. The number of rotatable bonds is 7. The molecule has 1 aromatic rings. The minimum absolute atomic E-state index is 0.0326. The molecule has 2 heterocycles. The summed E-state index contributed by atoms with van der Waals surface area (Å²) in [4.78, 5) is 41.1. The van der Waals surface area contributed by atoms with E-state index in [1.807, 2.05) is 37.8 Å². The van der Waals surface area contributed by atoms with Crippen molar-refractivity contribution < 1.29 is 45.6 Å². The highest BCUT2D eigenvalue weighted by molar-refractivity contribution is 7.84. The Labute approximate surface area is 335 Å². The first kappa shape index (κ1) is 47.6. The van der Waals surface area contributed by atoms with E-state index in [1.54, 1.807) is 4.90 Å². The number of allylic oxidation sites excluding steroid dienone is 1. The predicted molar refractivity (Wildman–Crippen MR) is 214 cm³/mol. The number of Topliss-reactive ketones (excluding diaryl/α,β-unsaturated/α-hetero) is 1. The zero-order valence-corrected chi connectivity index (χ0v) is 35.3. The molecule has 314 valence electrons. The molecule has 2 amide bonds. The zero-order chi connectivity index (χ0) is 42.0. The van der Waals surface area contributed by atoms with Crippen LogP contribution in [-0.2, 0) is 31.5 Å². The standard InChI is InChI=1S/C28H35FN2O5.C7H12BF3OS.C4H8.C3H8/c1-28-9-6-21-20-5-3-19(14-17(20)2-4-22(21)23(28)15-24(29)26(28)33)36-27(34)30-10-7-18(8-11-30)31-12-13-35-16-25(31)32;1-6(9,10)7(8,11)4-3-5-13(2)12;1-4(2)3;1-3-2/h3,5,14,18,21-24H,2,4,6-13,15-16H2,1H3;3-5H2,1-2H3;1H2,2-3H3;3H2,1-2H3. The second-order valence-electron chi connectivity index (χ2n) is 16.6. The number of amides is 2. The summed E-state index contributed by atoms with van der Waals surface area (Å²) in [5, 5.41) is 0. The lowest BCUT2D eigenvalue weighted by molar-refractivity contribution is -0.146. The van der Waals surface area contributed by atoms with Gasteiger partial charge in [0.1, 0.15) is 25.8 Å². The molecule has 3 aliphatic carbocycles. The third kappa shape index (κ3) is 12.4. The van der Waals surface area contributed by atoms with Gasteiger partial charge in [-0.1, -0.05) is 38.8 Å². The third-order valence-corrected chi connectivity index (χ3v) is 12.4. The number of carbonyl (C=O) groups is 3. The number of benzene rings is 1. The van der Waals surface area contributed by atoms with E-state index >= 15 is 0 Å². The maximum Gasteiger partial charge on any atom is 0.415 e. The van der Waals surface area contributed by atoms with Crippen LogP contribution in [0.4, 0.5) is 22.4 Å². The lowest BCUT2D eigenvalue weighted by Crippen LogP contribution is -2.52. The molecule has 0 aromatic heterocycles. The van der Waals surface area contributed by atoms with Gasteiger partial charge in [-0.15, -0.1) is 6.58 Å². The largest absolute Gasteiger partial charge is 0.415 e. The fraction of sp³-hybridized carbons (Fsp3) is 0.738. The molecule has 2 radical (unpaired) electrons. The average Bonchev–Trinajstić information content (AvgIpc) is 3.35. The number of fused-ring (bicyclic) bond motifs is 5. The quantitative estimate of drug-likeness (QED) is 0.156. The molecular weight excluding hydrogens is 747 g/mol. The normalized spacial score (nSPS) is 27.6. The predicted octanol–water partition coefficient (Wildman–Crippen LogP) is 8.52. The third-order valence-electron chi connectivity index (χ3n) is 11.5. The molecule has 0 N–H and O–H groups in total. The van der Waals surface area contributed by atoms with Crippen molar-refractivity contribution in [3.8, 4) is 5.75 Å². The van der Waals surface area contributed by atoms with E-state index in [2.05, 4.69) is 26.5 Å². The summed E-state index contributed by atoms with van der Waals surface area (Å²) in [5.74, 6) is -2.14. The van der Waals surface area contributed by atoms with E-state index in [0.717, 1.165) is 38.5 Å². The molecule has 0 spiro atoms. The Hall–Kier alpha value is -2.74. The van der Waals surface area contributed by atoms with Gasteiger partial charge in [0, 0.05) is 60.8 Å². The fourth-order valence-electron chi connectivity index (χ4n) is 8.56. The Kier molecular flexibility index (Phi) is 17.7. The van der Waals surface area contributed by atoms with E-state index in [1.165, 1.54) is 29.4 Å². The molecule has 7 atom stereocenters. The highest BCUT2D eigenvalue weighted by Gasteiger charge is 2.58. The van der Waals surface area contributed by atoms with Crippen molar-refractivity contribution >= 4 is 36.4 Å². The van der Waals surface area contributed by atoms with E-state index in [-0.39, 0.29) is 48.5 Å². The average molecular weight is 811 g/mol. The lowest BCUT2D eigenvalue weighted by Gasteiger charge is -2.48. The van der Waals surface area contributed by atoms with Crippen molar-refractivity contribution in [3.63, 3.8) is 0 Å². The smallest absolute Gasteiger partial charge is 0.410 e. The fourth-order valence-corrected chi connectivity index (χ4v) is 9.12. The van der Waals surface area contributed by atoms with Crippen LogP contribution in [0.3, 0.4) is 0 Å². The Morgan fingerprint density at radius 2 is 1.73 bits per heavy atom. The molecule has 14 heteroatoms. The van der Waals surface area contributed by atoms with Gasteiger partial charge in [0.15, 0.2) is 12.0 Å². The van der Waals surface area contributed by atoms with Crippen LogP contribution in [-0.4, -0.2) is 108 Å². The van der Waals surface area contributed by atoms with E-state index < -0.39 is 40.3 Å². The molecule has 2 aliphatic heterocycles. The van der Waals surface area contributed by atoms with Crippen LogP contribution >= 0.6 is 0 Å². The second-order valence-corrected chi connectivity index (χ2v) is 18.1. The van der Waals surface area contributed by atoms with Gasteiger partial charge in [-0.25, -0.2) is 22.4 Å². The molecule has 4 fully saturated rings. The van der Waals surface area contributed by atoms with E-state index in [4.69, 9.17) is 17.3 Å². The van der Waals surface area contributed by atoms with Crippen LogP contribution in [0, 0.1) is 17.3 Å². The molecule has 1 aromatic carbocycles. The second kappa shape index (κ2) is 20.8. The van der Waals surface area contributed by atoms with Gasteiger partial charge >= 0.3 is 6.09 Å². The maximum atomic E-state index is 14.4. The van der Waals surface area contributed by atoms with Gasteiger partial charge < -0.3 is 19.3 Å². The highest BCUT2D eigenvalue weighted by Crippen LogP contribution is 2.60. The summed E-state index contributed by atoms with van der Waals surface area (Å²) in [6, 6.07) is 6.11. The number of ketones is 1. The Bertz CT molecular complexity index is 1530. The monoisotopic (exact) mass is 810 g/mol. The van der Waals surface area contributed by atoms with Crippen molar-refractivity contribution in [1.82, 2.24) is 9.80 Å². The molecule has 6 rings (SSSR count). The number of carbonyl (C=O) groups excluding carboxylic acids is 3. The highest BCUT2D eigenvalue weighted by atomic mass is 32.2. The number of aryl methyl sites for hydroxylation is 1. The Morgan fingerprint density at radius 3 is 2.30 bits per heavy atom. The Balaban J connectivity index is 0.000000352. The van der Waals surface area contributed by atoms with Crippen LogP contribution in [0.15, 0.2) is 30.4 Å². The topological polar surface area (TPSA) is 93.2 Å². The van der Waals surface area contributed by atoms with E-state index in [9.17, 15) is 36.2 Å². The van der Waals surface area contributed by atoms with Gasteiger partial charge in [0.05, 0.1) is 6.61 Å². The van der Waals surface area contributed by atoms with Crippen LogP contribution in [0.2, 0.25) is 0 Å². The minimum atomic E-state index is -3.55. The first-order valence-electron chi connectivity index (χ1n) is 20.1. The summed E-state index contributed by atoms with van der Waals surface area (Å²) in [6.07, 6.45) is 5.98. The van der Waals surface area contributed by atoms with Crippen molar-refractivity contribution in [3.05, 3.63) is 41.5 Å². The van der Waals surface area contributed by atoms with Crippen LogP contribution < -0.4 is 4.74 Å². The van der Waals surface area contributed by atoms with E-state index in [0.29, 0.717) is 57.2 Å². The number of likely N-dealkylation sites (tertiary alicyclic amines) is 1. The molecule has 2 saturated carbocycles. The number of morpholine rings is 1. The van der Waals surface area contributed by atoms with Crippen LogP contribution in [0.5, 0.6) is 5.75 Å². The first-order valence-corrected chi connectivity index (χ1v) is 21.8. The van der Waals surface area contributed by atoms with Gasteiger partial charge in [-0.05, 0) is 113 Å². The maximum absolute atomic E-state index is 14.4. The first-order chi connectivity index (χ1) is 26.2. The molecular formula is C42H63BF4N2O6S. The summed E-state index contributed by atoms with van der Waals surface area (Å²) < 4.78 is 73.8. The summed E-state index contributed by atoms with van der Waals surface area (Å²) >= 11 is 0. The van der Waals surface area contributed by atoms with Crippen LogP contribution in [0.1, 0.15) is 116 Å². The van der Waals surface area contributed by atoms with Gasteiger partial charge in [0.2, 0.25) is 5.91 Å².